The average Bonchev–Trinajstić information content (AvgIpc) is 2.65. The molecule has 0 heterocycles. The number of benzene rings is 1. The van der Waals surface area contributed by atoms with E-state index in [1.807, 2.05) is 31.3 Å². The molecule has 4 nitrogen and oxygen atoms in total. The molecule has 0 saturated carbocycles. The van der Waals surface area contributed by atoms with Gasteiger partial charge in [-0.1, -0.05) is 53.7 Å². The number of nitrogens with two attached hydrogens (primary N) is 1. The molecule has 0 aliphatic heterocycles. The van der Waals surface area contributed by atoms with Crippen LogP contribution in [-0.2, 0) is 0 Å². The molecule has 4 heteroatoms. The third-order valence-electron chi connectivity index (χ3n) is 4.88. The quantitative estimate of drug-likeness (QED) is 0.200. The van der Waals surface area contributed by atoms with Crippen molar-refractivity contribution in [3.63, 3.8) is 0 Å². The molecule has 0 saturated heterocycles. The van der Waals surface area contributed by atoms with Crippen LogP contribution < -0.4 is 21.9 Å². The van der Waals surface area contributed by atoms with Crippen molar-refractivity contribution < 1.29 is 0 Å². The molecule has 0 amide bonds. The molecule has 0 bridgehead atoms. The number of hydrazine groups is 1. The molecule has 3 unspecified atom stereocenters. The van der Waals surface area contributed by atoms with E-state index in [0.717, 1.165) is 24.3 Å². The number of nitrogen functional groups attached to an aromatic ring is 1. The van der Waals surface area contributed by atoms with E-state index < -0.39 is 0 Å². The fraction of sp³-hybridized carbons (Fsp3) is 0.680. The molecule has 29 heavy (non-hydrogen) atoms. The second kappa shape index (κ2) is 15.3. The summed E-state index contributed by atoms with van der Waals surface area (Å²) < 4.78 is 0. The second-order valence-electron chi connectivity index (χ2n) is 9.43. The summed E-state index contributed by atoms with van der Waals surface area (Å²) in [7, 11) is 2.01. The molecule has 0 radical (unpaired) electrons. The van der Waals surface area contributed by atoms with Crippen LogP contribution in [0.5, 0.6) is 0 Å². The Morgan fingerprint density at radius 1 is 1.07 bits per heavy atom. The monoisotopic (exact) mass is 404 g/mol. The van der Waals surface area contributed by atoms with E-state index in [1.54, 1.807) is 0 Å². The Kier molecular flexibility index (Phi) is 14.5. The van der Waals surface area contributed by atoms with Crippen LogP contribution in [0.2, 0.25) is 0 Å². The highest BCUT2D eigenvalue weighted by atomic mass is 15.3. The van der Waals surface area contributed by atoms with Crippen LogP contribution in [0.4, 0.5) is 11.4 Å². The number of allylic oxidation sites excluding steroid dienone is 2. The Bertz CT molecular complexity index is 531. The predicted octanol–water partition coefficient (Wildman–Crippen LogP) is 6.23. The third-order valence-corrected chi connectivity index (χ3v) is 4.88. The van der Waals surface area contributed by atoms with Crippen molar-refractivity contribution in [1.29, 1.82) is 0 Å². The van der Waals surface area contributed by atoms with E-state index in [0.29, 0.717) is 23.3 Å². The van der Waals surface area contributed by atoms with Gasteiger partial charge in [0, 0.05) is 24.0 Å². The lowest BCUT2D eigenvalue weighted by molar-refractivity contribution is 0.328. The molecule has 0 aliphatic rings. The van der Waals surface area contributed by atoms with Crippen LogP contribution in [0.3, 0.4) is 0 Å². The lowest BCUT2D eigenvalue weighted by Crippen LogP contribution is -2.27. The third kappa shape index (κ3) is 16.0. The van der Waals surface area contributed by atoms with Gasteiger partial charge >= 0.3 is 0 Å². The van der Waals surface area contributed by atoms with Crippen LogP contribution in [0, 0.1) is 17.3 Å². The maximum absolute atomic E-state index is 5.66. The minimum absolute atomic E-state index is 0.461. The molecule has 1 aromatic rings. The molecule has 0 spiro atoms. The lowest BCUT2D eigenvalue weighted by atomic mass is 9.89. The summed E-state index contributed by atoms with van der Waals surface area (Å²) in [6, 6.07) is 8.40. The van der Waals surface area contributed by atoms with Crippen molar-refractivity contribution in [2.75, 3.05) is 24.8 Å². The first-order valence-corrected chi connectivity index (χ1v) is 11.3. The molecular formula is C25H48N4. The van der Waals surface area contributed by atoms with Crippen LogP contribution in [0.15, 0.2) is 36.4 Å². The number of hydrogen-bond donors (Lipinski definition) is 4. The Morgan fingerprint density at radius 2 is 1.69 bits per heavy atom. The minimum Gasteiger partial charge on any atom is -0.399 e. The molecule has 0 aliphatic carbocycles. The zero-order valence-corrected chi connectivity index (χ0v) is 20.3. The van der Waals surface area contributed by atoms with E-state index in [9.17, 15) is 0 Å². The maximum Gasteiger partial charge on any atom is 0.0489 e. The average molecular weight is 405 g/mol. The summed E-state index contributed by atoms with van der Waals surface area (Å²) in [5.74, 6) is 1.34. The molecule has 3 atom stereocenters. The molecule has 0 aromatic heterocycles. The van der Waals surface area contributed by atoms with Crippen LogP contribution in [0.1, 0.15) is 74.1 Å². The first kappa shape index (κ1) is 27.5. The van der Waals surface area contributed by atoms with Crippen LogP contribution >= 0.6 is 0 Å². The van der Waals surface area contributed by atoms with Gasteiger partial charge in [0.1, 0.15) is 0 Å². The lowest BCUT2D eigenvalue weighted by Gasteiger charge is -2.22. The largest absolute Gasteiger partial charge is 0.399 e. The zero-order chi connectivity index (χ0) is 22.3. The highest BCUT2D eigenvalue weighted by Gasteiger charge is 2.13. The molecule has 5 N–H and O–H groups in total. The van der Waals surface area contributed by atoms with Crippen molar-refractivity contribution >= 4 is 11.4 Å². The van der Waals surface area contributed by atoms with E-state index in [2.05, 4.69) is 76.8 Å². The summed E-state index contributed by atoms with van der Waals surface area (Å²) in [5.41, 5.74) is 14.5. The van der Waals surface area contributed by atoms with Gasteiger partial charge in [-0.05, 0) is 81.2 Å². The molecular weight excluding hydrogens is 356 g/mol. The first-order chi connectivity index (χ1) is 13.6. The predicted molar refractivity (Wildman–Crippen MR) is 132 cm³/mol. The summed E-state index contributed by atoms with van der Waals surface area (Å²) >= 11 is 0. The highest BCUT2D eigenvalue weighted by molar-refractivity contribution is 5.50. The van der Waals surface area contributed by atoms with Gasteiger partial charge in [0.2, 0.25) is 0 Å². The Morgan fingerprint density at radius 3 is 2.14 bits per heavy atom. The van der Waals surface area contributed by atoms with Crippen molar-refractivity contribution in [3.05, 3.63) is 36.4 Å². The van der Waals surface area contributed by atoms with Gasteiger partial charge in [-0.3, -0.25) is 0 Å². The summed E-state index contributed by atoms with van der Waals surface area (Å²) in [4.78, 5) is 0. The highest BCUT2D eigenvalue weighted by Crippen LogP contribution is 2.20. The normalized spacial score (nSPS) is 14.8. The van der Waals surface area contributed by atoms with Gasteiger partial charge in [-0.25, -0.2) is 5.43 Å². The minimum atomic E-state index is 0.461. The van der Waals surface area contributed by atoms with Crippen molar-refractivity contribution in [3.8, 4) is 0 Å². The van der Waals surface area contributed by atoms with Gasteiger partial charge < -0.3 is 16.5 Å². The number of anilines is 2. The smallest absolute Gasteiger partial charge is 0.0489 e. The standard InChI is InChI=1S/C17H29N3.C8H19N/c1-4-6-7-15(5-2)12-14(3)13-19-20-17-10-8-16(18)9-11-17;1-7(9-5)6-8(2,3)4/h6-11,14-15,19-20H,4-5,12-13,18H2,1-3H3;7,9H,6H2,1-5H3. The number of hydrogen-bond acceptors (Lipinski definition) is 4. The van der Waals surface area contributed by atoms with Gasteiger partial charge in [-0.2, -0.15) is 0 Å². The Hall–Kier alpha value is -1.52. The zero-order valence-electron chi connectivity index (χ0n) is 20.3. The second-order valence-corrected chi connectivity index (χ2v) is 9.43. The molecule has 1 rings (SSSR count). The van der Waals surface area contributed by atoms with E-state index in [4.69, 9.17) is 5.73 Å². The van der Waals surface area contributed by atoms with E-state index >= 15 is 0 Å². The Balaban J connectivity index is 0.000000734. The van der Waals surface area contributed by atoms with Crippen LogP contribution in [-0.4, -0.2) is 19.6 Å². The summed E-state index contributed by atoms with van der Waals surface area (Å²) in [5, 5.41) is 3.22. The van der Waals surface area contributed by atoms with Crippen molar-refractivity contribution in [2.45, 2.75) is 80.2 Å². The maximum atomic E-state index is 5.66. The van der Waals surface area contributed by atoms with Crippen molar-refractivity contribution in [2.24, 2.45) is 17.3 Å². The molecule has 168 valence electrons. The Labute approximate surface area is 181 Å². The van der Waals surface area contributed by atoms with Gasteiger partial charge in [-0.15, -0.1) is 0 Å². The van der Waals surface area contributed by atoms with Gasteiger partial charge in [0.05, 0.1) is 0 Å². The van der Waals surface area contributed by atoms with Gasteiger partial charge in [0.25, 0.3) is 0 Å². The topological polar surface area (TPSA) is 62.1 Å². The van der Waals surface area contributed by atoms with Crippen molar-refractivity contribution in [1.82, 2.24) is 10.7 Å². The molecule has 0 fully saturated rings. The van der Waals surface area contributed by atoms with E-state index in [-0.39, 0.29) is 0 Å². The fourth-order valence-electron chi connectivity index (χ4n) is 3.22. The summed E-state index contributed by atoms with van der Waals surface area (Å²) in [6.45, 7) is 16.7. The van der Waals surface area contributed by atoms with Crippen LogP contribution in [0.25, 0.3) is 0 Å². The molecule has 1 aromatic carbocycles. The SMILES string of the molecule is CCC=CC(CC)CC(C)CNNc1ccc(N)cc1.CNC(C)CC(C)(C)C. The van der Waals surface area contributed by atoms with Gasteiger partial charge in [0.15, 0.2) is 0 Å². The number of nitrogens with one attached hydrogen (secondary N) is 3. The number of rotatable bonds is 11. The van der Waals surface area contributed by atoms with E-state index in [1.165, 1.54) is 19.3 Å². The first-order valence-electron chi connectivity index (χ1n) is 11.3. The fourth-order valence-corrected chi connectivity index (χ4v) is 3.22. The summed E-state index contributed by atoms with van der Waals surface area (Å²) in [6.07, 6.45) is 9.45.